The van der Waals surface area contributed by atoms with Crippen molar-refractivity contribution >= 4 is 23.2 Å². The molecule has 2 aromatic carbocycles. The number of rotatable bonds is 4. The van der Waals surface area contributed by atoms with E-state index in [1.165, 1.54) is 11.1 Å². The maximum absolute atomic E-state index is 6.25. The third kappa shape index (κ3) is 3.50. The first-order valence-corrected chi connectivity index (χ1v) is 7.04. The van der Waals surface area contributed by atoms with E-state index in [0.717, 1.165) is 12.0 Å². The van der Waals surface area contributed by atoms with Crippen molar-refractivity contribution in [2.75, 3.05) is 7.05 Å². The summed E-state index contributed by atoms with van der Waals surface area (Å²) in [5.41, 5.74) is 3.59. The normalized spacial score (nSPS) is 12.4. The minimum atomic E-state index is 0.232. The summed E-state index contributed by atoms with van der Waals surface area (Å²) >= 11 is 12.3. The number of hydrogen-bond donors (Lipinski definition) is 1. The topological polar surface area (TPSA) is 12.0 Å². The quantitative estimate of drug-likeness (QED) is 0.853. The first kappa shape index (κ1) is 14.4. The van der Waals surface area contributed by atoms with Crippen LogP contribution in [0.15, 0.2) is 42.5 Å². The van der Waals surface area contributed by atoms with E-state index in [1.807, 2.05) is 25.2 Å². The zero-order valence-electron chi connectivity index (χ0n) is 11.1. The van der Waals surface area contributed by atoms with Gasteiger partial charge in [-0.05, 0) is 37.6 Å². The SMILES string of the molecule is CNC(Cc1cccc(Cl)c1Cl)c1cccc(C)c1. The van der Waals surface area contributed by atoms with E-state index in [0.29, 0.717) is 10.0 Å². The summed E-state index contributed by atoms with van der Waals surface area (Å²) in [5.74, 6) is 0. The fourth-order valence-electron chi connectivity index (χ4n) is 2.20. The molecule has 0 saturated heterocycles. The predicted octanol–water partition coefficient (Wildman–Crippen LogP) is 4.81. The van der Waals surface area contributed by atoms with Crippen LogP contribution in [0.3, 0.4) is 0 Å². The van der Waals surface area contributed by atoms with Crippen molar-refractivity contribution in [3.8, 4) is 0 Å². The number of benzene rings is 2. The van der Waals surface area contributed by atoms with Crippen LogP contribution in [0, 0.1) is 6.92 Å². The molecule has 1 nitrogen and oxygen atoms in total. The lowest BCUT2D eigenvalue weighted by Gasteiger charge is -2.18. The van der Waals surface area contributed by atoms with Crippen LogP contribution in [-0.2, 0) is 6.42 Å². The molecule has 1 atom stereocenters. The van der Waals surface area contributed by atoms with Gasteiger partial charge in [-0.3, -0.25) is 0 Å². The molecule has 0 aliphatic rings. The Morgan fingerprint density at radius 1 is 1.11 bits per heavy atom. The Morgan fingerprint density at radius 2 is 1.84 bits per heavy atom. The van der Waals surface area contributed by atoms with Crippen LogP contribution in [0.5, 0.6) is 0 Å². The van der Waals surface area contributed by atoms with Gasteiger partial charge in [0.15, 0.2) is 0 Å². The molecule has 19 heavy (non-hydrogen) atoms. The average Bonchev–Trinajstić information content (AvgIpc) is 2.40. The average molecular weight is 294 g/mol. The summed E-state index contributed by atoms with van der Waals surface area (Å²) in [5, 5.41) is 4.60. The van der Waals surface area contributed by atoms with E-state index in [2.05, 4.69) is 36.5 Å². The Kier molecular flexibility index (Phi) is 4.87. The monoisotopic (exact) mass is 293 g/mol. The summed E-state index contributed by atoms with van der Waals surface area (Å²) in [6.07, 6.45) is 0.819. The Morgan fingerprint density at radius 3 is 2.53 bits per heavy atom. The van der Waals surface area contributed by atoms with Crippen molar-refractivity contribution in [1.82, 2.24) is 5.32 Å². The number of halogens is 2. The van der Waals surface area contributed by atoms with Gasteiger partial charge in [-0.2, -0.15) is 0 Å². The van der Waals surface area contributed by atoms with Gasteiger partial charge in [-0.15, -0.1) is 0 Å². The molecule has 0 bridgehead atoms. The molecule has 0 fully saturated rings. The maximum atomic E-state index is 6.25. The van der Waals surface area contributed by atoms with Crippen LogP contribution >= 0.6 is 23.2 Å². The summed E-state index contributed by atoms with van der Waals surface area (Å²) in [6, 6.07) is 14.5. The van der Waals surface area contributed by atoms with Crippen molar-refractivity contribution in [3.05, 3.63) is 69.2 Å². The second kappa shape index (κ2) is 6.42. The van der Waals surface area contributed by atoms with Crippen molar-refractivity contribution in [2.45, 2.75) is 19.4 Å². The molecule has 0 radical (unpaired) electrons. The Balaban J connectivity index is 2.26. The minimum absolute atomic E-state index is 0.232. The van der Waals surface area contributed by atoms with Crippen LogP contribution in [-0.4, -0.2) is 7.05 Å². The van der Waals surface area contributed by atoms with Gasteiger partial charge in [0.25, 0.3) is 0 Å². The molecule has 1 N–H and O–H groups in total. The molecule has 2 aromatic rings. The lowest BCUT2D eigenvalue weighted by molar-refractivity contribution is 0.592. The van der Waals surface area contributed by atoms with Gasteiger partial charge in [0.2, 0.25) is 0 Å². The fraction of sp³-hybridized carbons (Fsp3) is 0.250. The van der Waals surface area contributed by atoms with Crippen molar-refractivity contribution in [2.24, 2.45) is 0 Å². The second-order valence-electron chi connectivity index (χ2n) is 4.67. The Labute approximate surface area is 124 Å². The van der Waals surface area contributed by atoms with E-state index < -0.39 is 0 Å². The molecule has 0 aliphatic carbocycles. The zero-order valence-corrected chi connectivity index (χ0v) is 12.6. The first-order valence-electron chi connectivity index (χ1n) is 6.28. The van der Waals surface area contributed by atoms with Gasteiger partial charge in [0.1, 0.15) is 0 Å². The van der Waals surface area contributed by atoms with E-state index in [4.69, 9.17) is 23.2 Å². The highest BCUT2D eigenvalue weighted by Crippen LogP contribution is 2.29. The van der Waals surface area contributed by atoms with Crippen LogP contribution in [0.4, 0.5) is 0 Å². The minimum Gasteiger partial charge on any atom is -0.313 e. The second-order valence-corrected chi connectivity index (χ2v) is 5.46. The highest BCUT2D eigenvalue weighted by atomic mass is 35.5. The highest BCUT2D eigenvalue weighted by molar-refractivity contribution is 6.42. The number of aryl methyl sites for hydroxylation is 1. The molecule has 3 heteroatoms. The molecule has 0 aromatic heterocycles. The summed E-state index contributed by atoms with van der Waals surface area (Å²) in [4.78, 5) is 0. The molecular formula is C16H17Cl2N. The summed E-state index contributed by atoms with van der Waals surface area (Å²) in [7, 11) is 1.96. The van der Waals surface area contributed by atoms with E-state index >= 15 is 0 Å². The molecule has 1 unspecified atom stereocenters. The summed E-state index contributed by atoms with van der Waals surface area (Å²) in [6.45, 7) is 2.10. The highest BCUT2D eigenvalue weighted by Gasteiger charge is 2.13. The molecule has 0 heterocycles. The van der Waals surface area contributed by atoms with Gasteiger partial charge in [0.05, 0.1) is 10.0 Å². The number of hydrogen-bond acceptors (Lipinski definition) is 1. The Hall–Kier alpha value is -1.02. The summed E-state index contributed by atoms with van der Waals surface area (Å²) < 4.78 is 0. The van der Waals surface area contributed by atoms with Crippen molar-refractivity contribution < 1.29 is 0 Å². The van der Waals surface area contributed by atoms with Gasteiger partial charge in [0, 0.05) is 6.04 Å². The molecule has 0 saturated carbocycles. The largest absolute Gasteiger partial charge is 0.313 e. The van der Waals surface area contributed by atoms with Crippen molar-refractivity contribution in [1.29, 1.82) is 0 Å². The Bertz CT molecular complexity index is 566. The van der Waals surface area contributed by atoms with Gasteiger partial charge in [-0.25, -0.2) is 0 Å². The first-order chi connectivity index (χ1) is 9.11. The lowest BCUT2D eigenvalue weighted by Crippen LogP contribution is -2.19. The van der Waals surface area contributed by atoms with Crippen LogP contribution in [0.25, 0.3) is 0 Å². The van der Waals surface area contributed by atoms with Gasteiger partial charge >= 0.3 is 0 Å². The van der Waals surface area contributed by atoms with Crippen LogP contribution < -0.4 is 5.32 Å². The smallest absolute Gasteiger partial charge is 0.0624 e. The lowest BCUT2D eigenvalue weighted by atomic mass is 9.98. The fourth-order valence-corrected chi connectivity index (χ4v) is 2.60. The standard InChI is InChI=1S/C16H17Cl2N/c1-11-5-3-6-12(9-11)15(19-2)10-13-7-4-8-14(17)16(13)18/h3-9,15,19H,10H2,1-2H3. The number of nitrogens with one attached hydrogen (secondary N) is 1. The van der Waals surface area contributed by atoms with Crippen molar-refractivity contribution in [3.63, 3.8) is 0 Å². The third-order valence-corrected chi connectivity index (χ3v) is 4.11. The number of likely N-dealkylation sites (N-methyl/N-ethyl adjacent to an activating group) is 1. The molecule has 0 spiro atoms. The van der Waals surface area contributed by atoms with E-state index in [9.17, 15) is 0 Å². The molecule has 2 rings (SSSR count). The van der Waals surface area contributed by atoms with E-state index in [1.54, 1.807) is 0 Å². The van der Waals surface area contributed by atoms with Gasteiger partial charge in [-0.1, -0.05) is 65.2 Å². The van der Waals surface area contributed by atoms with Gasteiger partial charge < -0.3 is 5.32 Å². The van der Waals surface area contributed by atoms with Crippen LogP contribution in [0.2, 0.25) is 10.0 Å². The van der Waals surface area contributed by atoms with Crippen LogP contribution in [0.1, 0.15) is 22.7 Å². The molecule has 100 valence electrons. The van der Waals surface area contributed by atoms with E-state index in [-0.39, 0.29) is 6.04 Å². The molecule has 0 aliphatic heterocycles. The maximum Gasteiger partial charge on any atom is 0.0624 e. The predicted molar refractivity (Wildman–Crippen MR) is 83.1 cm³/mol. The molecule has 0 amide bonds. The zero-order chi connectivity index (χ0) is 13.8. The third-order valence-electron chi connectivity index (χ3n) is 3.25. The molecular weight excluding hydrogens is 277 g/mol.